The average Bonchev–Trinajstić information content (AvgIpc) is 3.18. The van der Waals surface area contributed by atoms with Crippen LogP contribution in [-0.4, -0.2) is 47.0 Å². The molecular formula is C26H44N2O6S3. The van der Waals surface area contributed by atoms with Crippen LogP contribution >= 0.6 is 11.8 Å². The Hall–Kier alpha value is -1.14. The van der Waals surface area contributed by atoms with Gasteiger partial charge in [0.1, 0.15) is 0 Å². The summed E-state index contributed by atoms with van der Waals surface area (Å²) in [4.78, 5) is 4.23. The molecule has 1 aromatic heterocycles. The van der Waals surface area contributed by atoms with Gasteiger partial charge in [-0.05, 0) is 24.6 Å². The maximum atomic E-state index is 11.5. The van der Waals surface area contributed by atoms with E-state index in [0.717, 1.165) is 18.6 Å². The van der Waals surface area contributed by atoms with Crippen molar-refractivity contribution in [1.82, 2.24) is 9.55 Å². The molecule has 2 rings (SSSR count). The van der Waals surface area contributed by atoms with Gasteiger partial charge in [0, 0.05) is 12.3 Å². The molecule has 0 fully saturated rings. The summed E-state index contributed by atoms with van der Waals surface area (Å²) >= 11 is 1.49. The number of hydrogen-bond acceptors (Lipinski definition) is 6. The van der Waals surface area contributed by atoms with E-state index in [9.17, 15) is 25.9 Å². The molecule has 0 saturated carbocycles. The second kappa shape index (κ2) is 16.7. The SMILES string of the molecule is CCCCCCCCCCCCCCCCCSc1nc2ccc(S(=O)(=O)O)cc2n1CCS(=O)(=O)O. The molecule has 2 N–H and O–H groups in total. The number of fused-ring (bicyclic) bond motifs is 1. The Morgan fingerprint density at radius 2 is 1.30 bits per heavy atom. The van der Waals surface area contributed by atoms with Crippen LogP contribution < -0.4 is 0 Å². The minimum atomic E-state index is -4.41. The third kappa shape index (κ3) is 13.0. The van der Waals surface area contributed by atoms with Gasteiger partial charge in [-0.15, -0.1) is 0 Å². The Bertz CT molecular complexity index is 1150. The second-order valence-electron chi connectivity index (χ2n) is 9.76. The van der Waals surface area contributed by atoms with Gasteiger partial charge in [0.2, 0.25) is 0 Å². The second-order valence-corrected chi connectivity index (χ2v) is 13.8. The highest BCUT2D eigenvalue weighted by atomic mass is 32.2. The number of imidazole rings is 1. The fourth-order valence-electron chi connectivity index (χ4n) is 4.41. The molecule has 2 aromatic rings. The van der Waals surface area contributed by atoms with Crippen LogP contribution in [0.5, 0.6) is 0 Å². The molecule has 0 amide bonds. The molecule has 0 aliphatic rings. The van der Waals surface area contributed by atoms with Crippen LogP contribution in [0.15, 0.2) is 28.3 Å². The van der Waals surface area contributed by atoms with E-state index in [2.05, 4.69) is 11.9 Å². The quantitative estimate of drug-likeness (QED) is 0.0912. The van der Waals surface area contributed by atoms with Crippen LogP contribution in [0, 0.1) is 0 Å². The summed E-state index contributed by atoms with van der Waals surface area (Å²) < 4.78 is 65.8. The maximum absolute atomic E-state index is 11.5. The molecule has 8 nitrogen and oxygen atoms in total. The molecule has 0 radical (unpaired) electrons. The Balaban J connectivity index is 1.70. The van der Waals surface area contributed by atoms with Gasteiger partial charge in [0.05, 0.1) is 21.7 Å². The van der Waals surface area contributed by atoms with Crippen molar-refractivity contribution in [3.63, 3.8) is 0 Å². The number of hydrogen-bond donors (Lipinski definition) is 2. The van der Waals surface area contributed by atoms with E-state index in [-0.39, 0.29) is 11.4 Å². The summed E-state index contributed by atoms with van der Waals surface area (Å²) in [5.41, 5.74) is 0.902. The fourth-order valence-corrected chi connectivity index (χ4v) is 6.36. The van der Waals surface area contributed by atoms with Gasteiger partial charge in [-0.1, -0.05) is 109 Å². The van der Waals surface area contributed by atoms with Crippen LogP contribution in [0.3, 0.4) is 0 Å². The fraction of sp³-hybridized carbons (Fsp3) is 0.731. The summed E-state index contributed by atoms with van der Waals surface area (Å²) in [5.74, 6) is 0.291. The lowest BCUT2D eigenvalue weighted by atomic mass is 10.0. The molecule has 1 aromatic carbocycles. The first kappa shape index (κ1) is 32.1. The summed E-state index contributed by atoms with van der Waals surface area (Å²) in [5, 5.41) is 0.566. The Labute approximate surface area is 227 Å². The third-order valence-corrected chi connectivity index (χ3v) is 9.15. The minimum absolute atomic E-state index is 0.0640. The van der Waals surface area contributed by atoms with Gasteiger partial charge in [-0.3, -0.25) is 9.11 Å². The number of aromatic nitrogens is 2. The number of aryl methyl sites for hydroxylation is 1. The van der Waals surface area contributed by atoms with E-state index in [1.807, 2.05) is 0 Å². The maximum Gasteiger partial charge on any atom is 0.294 e. The van der Waals surface area contributed by atoms with Gasteiger partial charge < -0.3 is 4.57 Å². The van der Waals surface area contributed by atoms with E-state index < -0.39 is 26.0 Å². The number of rotatable bonds is 21. The number of nitrogens with zero attached hydrogens (tertiary/aromatic N) is 2. The zero-order valence-electron chi connectivity index (χ0n) is 22.1. The van der Waals surface area contributed by atoms with Crippen molar-refractivity contribution in [3.8, 4) is 0 Å². The van der Waals surface area contributed by atoms with Crippen LogP contribution in [0.1, 0.15) is 103 Å². The van der Waals surface area contributed by atoms with Crippen LogP contribution in [0.25, 0.3) is 11.0 Å². The van der Waals surface area contributed by atoms with Crippen molar-refractivity contribution in [2.24, 2.45) is 0 Å². The largest absolute Gasteiger partial charge is 0.318 e. The topological polar surface area (TPSA) is 127 Å². The third-order valence-electron chi connectivity index (χ3n) is 6.53. The highest BCUT2D eigenvalue weighted by molar-refractivity contribution is 7.99. The van der Waals surface area contributed by atoms with E-state index >= 15 is 0 Å². The van der Waals surface area contributed by atoms with Gasteiger partial charge >= 0.3 is 0 Å². The number of benzene rings is 1. The smallest absolute Gasteiger partial charge is 0.294 e. The zero-order chi connectivity index (χ0) is 27.2. The highest BCUT2D eigenvalue weighted by Crippen LogP contribution is 2.27. The lowest BCUT2D eigenvalue weighted by molar-refractivity contribution is 0.476. The molecule has 0 aliphatic heterocycles. The molecule has 1 heterocycles. The molecule has 37 heavy (non-hydrogen) atoms. The van der Waals surface area contributed by atoms with E-state index in [1.54, 1.807) is 4.57 Å². The van der Waals surface area contributed by atoms with Crippen LogP contribution in [-0.2, 0) is 26.8 Å². The lowest BCUT2D eigenvalue weighted by Gasteiger charge is -2.08. The van der Waals surface area contributed by atoms with Crippen molar-refractivity contribution in [1.29, 1.82) is 0 Å². The van der Waals surface area contributed by atoms with Crippen molar-refractivity contribution in [3.05, 3.63) is 18.2 Å². The Morgan fingerprint density at radius 1 is 0.784 bits per heavy atom. The van der Waals surface area contributed by atoms with E-state index in [1.165, 1.54) is 113 Å². The van der Waals surface area contributed by atoms with Crippen LogP contribution in [0.2, 0.25) is 0 Å². The van der Waals surface area contributed by atoms with Gasteiger partial charge in [-0.25, -0.2) is 4.98 Å². The summed E-state index contributed by atoms with van der Waals surface area (Å²) in [6.45, 7) is 2.19. The van der Waals surface area contributed by atoms with Crippen molar-refractivity contribution in [2.75, 3.05) is 11.5 Å². The monoisotopic (exact) mass is 576 g/mol. The molecule has 212 valence electrons. The Morgan fingerprint density at radius 3 is 1.78 bits per heavy atom. The lowest BCUT2D eigenvalue weighted by Crippen LogP contribution is -2.12. The first-order valence-electron chi connectivity index (χ1n) is 13.7. The predicted octanol–water partition coefficient (Wildman–Crippen LogP) is 7.13. The van der Waals surface area contributed by atoms with Gasteiger partial charge in [0.25, 0.3) is 20.2 Å². The summed E-state index contributed by atoms with van der Waals surface area (Å²) in [7, 11) is -8.61. The zero-order valence-corrected chi connectivity index (χ0v) is 24.6. The molecular weight excluding hydrogens is 532 g/mol. The van der Waals surface area contributed by atoms with E-state index in [0.29, 0.717) is 16.2 Å². The van der Waals surface area contributed by atoms with Crippen LogP contribution in [0.4, 0.5) is 0 Å². The standard InChI is InChI=1S/C26H44N2O6S3/c1-2-3-4-5-6-7-8-9-10-11-12-13-14-15-16-20-35-26-27-24-18-17-23(37(32,33)34)22-25(24)28(26)19-21-36(29,30)31/h17-18,22H,2-16,19-21H2,1H3,(H,29,30,31)(H,32,33,34). The Kier molecular flexibility index (Phi) is 14.5. The predicted molar refractivity (Wildman–Crippen MR) is 152 cm³/mol. The number of unbranched alkanes of at least 4 members (excludes halogenated alkanes) is 14. The molecule has 0 unspecified atom stereocenters. The first-order valence-corrected chi connectivity index (χ1v) is 17.7. The first-order chi connectivity index (χ1) is 17.6. The van der Waals surface area contributed by atoms with Gasteiger partial charge in [0.15, 0.2) is 5.16 Å². The molecule has 0 atom stereocenters. The summed E-state index contributed by atoms with van der Waals surface area (Å²) in [6.07, 6.45) is 19.4. The molecule has 0 spiro atoms. The van der Waals surface area contributed by atoms with Crippen molar-refractivity contribution in [2.45, 2.75) is 120 Å². The molecule has 0 aliphatic carbocycles. The van der Waals surface area contributed by atoms with Gasteiger partial charge in [-0.2, -0.15) is 16.8 Å². The van der Waals surface area contributed by atoms with Crippen molar-refractivity contribution < 1.29 is 25.9 Å². The normalized spacial score (nSPS) is 12.5. The van der Waals surface area contributed by atoms with E-state index in [4.69, 9.17) is 0 Å². The molecule has 0 bridgehead atoms. The number of thioether (sulfide) groups is 1. The molecule has 0 saturated heterocycles. The molecule has 11 heteroatoms. The highest BCUT2D eigenvalue weighted by Gasteiger charge is 2.17. The summed E-state index contributed by atoms with van der Waals surface area (Å²) in [6, 6.07) is 4.03. The minimum Gasteiger partial charge on any atom is -0.318 e. The van der Waals surface area contributed by atoms with Crippen molar-refractivity contribution >= 4 is 43.0 Å². The average molecular weight is 577 g/mol.